The van der Waals surface area contributed by atoms with E-state index in [-0.39, 0.29) is 35.3 Å². The van der Waals surface area contributed by atoms with Crippen LogP contribution in [0.4, 0.5) is 0 Å². The summed E-state index contributed by atoms with van der Waals surface area (Å²) in [6, 6.07) is 3.60. The number of amides is 1. The van der Waals surface area contributed by atoms with Crippen molar-refractivity contribution in [2.45, 2.75) is 31.8 Å². The third-order valence-corrected chi connectivity index (χ3v) is 3.08. The van der Waals surface area contributed by atoms with Crippen LogP contribution in [-0.2, 0) is 0 Å². The normalized spacial score (nSPS) is 23.9. The molecule has 1 aliphatic rings. The van der Waals surface area contributed by atoms with Gasteiger partial charge >= 0.3 is 0 Å². The number of nitrogens with one attached hydrogen (secondary N) is 2. The molecule has 0 radical (unpaired) electrons. The largest absolute Gasteiger partial charge is 0.440 e. The van der Waals surface area contributed by atoms with Crippen molar-refractivity contribution in [2.24, 2.45) is 0 Å². The summed E-state index contributed by atoms with van der Waals surface area (Å²) < 4.78 is 5.06. The first kappa shape index (κ1) is 14.4. The Bertz CT molecular complexity index is 381. The van der Waals surface area contributed by atoms with Crippen LogP contribution in [0.15, 0.2) is 16.5 Å². The smallest absolute Gasteiger partial charge is 0.287 e. The first-order chi connectivity index (χ1) is 7.66. The molecule has 2 atom stereocenters. The molecule has 4 nitrogen and oxygen atoms in total. The molecule has 17 heavy (non-hydrogen) atoms. The summed E-state index contributed by atoms with van der Waals surface area (Å²) in [6.45, 7) is 3.08. The quantitative estimate of drug-likeness (QED) is 0.872. The van der Waals surface area contributed by atoms with Crippen molar-refractivity contribution in [3.8, 4) is 0 Å². The van der Waals surface area contributed by atoms with E-state index in [1.807, 2.05) is 0 Å². The van der Waals surface area contributed by atoms with Gasteiger partial charge in [-0.25, -0.2) is 0 Å². The van der Waals surface area contributed by atoms with Crippen LogP contribution >= 0.6 is 24.0 Å². The first-order valence-electron chi connectivity index (χ1n) is 5.46. The monoisotopic (exact) mass is 278 g/mol. The van der Waals surface area contributed by atoms with E-state index in [0.29, 0.717) is 6.04 Å². The van der Waals surface area contributed by atoms with Gasteiger partial charge in [0.1, 0.15) is 0 Å². The van der Waals surface area contributed by atoms with Crippen molar-refractivity contribution in [2.75, 3.05) is 6.54 Å². The highest BCUT2D eigenvalue weighted by molar-refractivity contribution is 6.29. The van der Waals surface area contributed by atoms with Crippen LogP contribution in [0, 0.1) is 0 Å². The third kappa shape index (κ3) is 3.63. The Labute approximate surface area is 111 Å². The third-order valence-electron chi connectivity index (χ3n) is 2.88. The van der Waals surface area contributed by atoms with Crippen LogP contribution in [0.1, 0.15) is 30.3 Å². The molecule has 2 heterocycles. The lowest BCUT2D eigenvalue weighted by atomic mass is 10.00. The zero-order chi connectivity index (χ0) is 11.5. The Morgan fingerprint density at radius 3 is 2.94 bits per heavy atom. The van der Waals surface area contributed by atoms with Crippen molar-refractivity contribution in [3.05, 3.63) is 23.1 Å². The minimum absolute atomic E-state index is 0. The van der Waals surface area contributed by atoms with Crippen LogP contribution in [0.5, 0.6) is 0 Å². The van der Waals surface area contributed by atoms with Crippen LogP contribution in [0.2, 0.25) is 5.22 Å². The number of piperidine rings is 1. The molecule has 2 rings (SSSR count). The molecule has 1 fully saturated rings. The topological polar surface area (TPSA) is 54.3 Å². The van der Waals surface area contributed by atoms with Gasteiger partial charge in [-0.2, -0.15) is 0 Å². The molecule has 2 unspecified atom stereocenters. The molecule has 0 saturated carbocycles. The first-order valence-corrected chi connectivity index (χ1v) is 5.84. The van der Waals surface area contributed by atoms with E-state index in [4.69, 9.17) is 16.0 Å². The summed E-state index contributed by atoms with van der Waals surface area (Å²) in [6.07, 6.45) is 2.07. The minimum Gasteiger partial charge on any atom is -0.440 e. The van der Waals surface area contributed by atoms with Crippen molar-refractivity contribution < 1.29 is 9.21 Å². The maximum Gasteiger partial charge on any atom is 0.287 e. The molecule has 0 spiro atoms. The predicted molar refractivity (Wildman–Crippen MR) is 68.9 cm³/mol. The summed E-state index contributed by atoms with van der Waals surface area (Å²) >= 11 is 5.62. The number of halogens is 2. The minimum atomic E-state index is -0.201. The molecular formula is C11H16Cl2N2O2. The molecular weight excluding hydrogens is 263 g/mol. The van der Waals surface area contributed by atoms with Crippen LogP contribution in [0.3, 0.4) is 0 Å². The molecule has 2 N–H and O–H groups in total. The number of carbonyl (C=O) groups is 1. The summed E-state index contributed by atoms with van der Waals surface area (Å²) in [5, 5.41) is 6.50. The maximum atomic E-state index is 11.8. The van der Waals surface area contributed by atoms with E-state index in [9.17, 15) is 4.79 Å². The predicted octanol–water partition coefficient (Wildman–Crippen LogP) is 2.23. The van der Waals surface area contributed by atoms with E-state index >= 15 is 0 Å². The number of carbonyl (C=O) groups excluding carboxylic acids is 1. The molecule has 0 aliphatic carbocycles. The zero-order valence-corrected chi connectivity index (χ0v) is 11.1. The van der Waals surface area contributed by atoms with Gasteiger partial charge < -0.3 is 15.1 Å². The van der Waals surface area contributed by atoms with Crippen molar-refractivity contribution in [1.29, 1.82) is 0 Å². The summed E-state index contributed by atoms with van der Waals surface area (Å²) in [7, 11) is 0. The summed E-state index contributed by atoms with van der Waals surface area (Å²) in [5.74, 6) is 0.0650. The molecule has 1 saturated heterocycles. The Hall–Kier alpha value is -0.710. The molecule has 1 aliphatic heterocycles. The molecule has 0 aromatic carbocycles. The van der Waals surface area contributed by atoms with Crippen molar-refractivity contribution >= 4 is 29.9 Å². The molecule has 0 bridgehead atoms. The second-order valence-corrected chi connectivity index (χ2v) is 4.44. The second kappa shape index (κ2) is 6.28. The van der Waals surface area contributed by atoms with Gasteiger partial charge in [-0.05, 0) is 50.0 Å². The van der Waals surface area contributed by atoms with E-state index < -0.39 is 0 Å². The number of rotatable bonds is 2. The summed E-state index contributed by atoms with van der Waals surface area (Å²) in [5.41, 5.74) is 0. The molecule has 6 heteroatoms. The Balaban J connectivity index is 0.00000144. The van der Waals surface area contributed by atoms with Crippen LogP contribution < -0.4 is 10.6 Å². The second-order valence-electron chi connectivity index (χ2n) is 4.07. The molecule has 96 valence electrons. The Kier molecular flexibility index (Phi) is 5.31. The highest BCUT2D eigenvalue weighted by Gasteiger charge is 2.23. The number of hydrogen-bond donors (Lipinski definition) is 2. The highest BCUT2D eigenvalue weighted by atomic mass is 35.5. The fraction of sp³-hybridized carbons (Fsp3) is 0.545. The van der Waals surface area contributed by atoms with Gasteiger partial charge in [0.2, 0.25) is 0 Å². The summed E-state index contributed by atoms with van der Waals surface area (Å²) in [4.78, 5) is 11.8. The number of hydrogen-bond acceptors (Lipinski definition) is 3. The van der Waals surface area contributed by atoms with E-state index in [1.165, 1.54) is 0 Å². The maximum absolute atomic E-state index is 11.8. The zero-order valence-electron chi connectivity index (χ0n) is 9.53. The van der Waals surface area contributed by atoms with E-state index in [0.717, 1.165) is 19.4 Å². The standard InChI is InChI=1S/C11H15ClN2O2.ClH/c1-7-8(3-2-6-13-7)14-11(15)9-4-5-10(12)16-9;/h4-5,7-8,13H,2-3,6H2,1H3,(H,14,15);1H. The van der Waals surface area contributed by atoms with Crippen molar-refractivity contribution in [1.82, 2.24) is 10.6 Å². The SMILES string of the molecule is CC1NCCCC1NC(=O)c1ccc(Cl)o1.Cl. The lowest BCUT2D eigenvalue weighted by molar-refractivity contribution is 0.0892. The van der Waals surface area contributed by atoms with Crippen LogP contribution in [-0.4, -0.2) is 24.5 Å². The fourth-order valence-corrected chi connectivity index (χ4v) is 2.06. The molecule has 1 amide bonds. The van der Waals surface area contributed by atoms with Gasteiger partial charge in [0.15, 0.2) is 11.0 Å². The highest BCUT2D eigenvalue weighted by Crippen LogP contribution is 2.14. The van der Waals surface area contributed by atoms with Gasteiger partial charge in [0.25, 0.3) is 5.91 Å². The van der Waals surface area contributed by atoms with Gasteiger partial charge in [-0.15, -0.1) is 12.4 Å². The van der Waals surface area contributed by atoms with E-state index in [1.54, 1.807) is 12.1 Å². The average Bonchev–Trinajstić information content (AvgIpc) is 2.68. The van der Waals surface area contributed by atoms with Crippen molar-refractivity contribution in [3.63, 3.8) is 0 Å². The van der Waals surface area contributed by atoms with Gasteiger partial charge in [-0.3, -0.25) is 4.79 Å². The Morgan fingerprint density at radius 1 is 1.59 bits per heavy atom. The lowest BCUT2D eigenvalue weighted by Crippen LogP contribution is -2.51. The van der Waals surface area contributed by atoms with Gasteiger partial charge in [-0.1, -0.05) is 0 Å². The molecule has 1 aromatic rings. The van der Waals surface area contributed by atoms with Gasteiger partial charge in [0.05, 0.1) is 0 Å². The number of furan rings is 1. The van der Waals surface area contributed by atoms with Crippen LogP contribution in [0.25, 0.3) is 0 Å². The molecule has 1 aromatic heterocycles. The Morgan fingerprint density at radius 2 is 2.35 bits per heavy atom. The van der Waals surface area contributed by atoms with Gasteiger partial charge in [0, 0.05) is 12.1 Å². The van der Waals surface area contributed by atoms with E-state index in [2.05, 4.69) is 17.6 Å². The lowest BCUT2D eigenvalue weighted by Gasteiger charge is -2.30. The average molecular weight is 279 g/mol. The fourth-order valence-electron chi connectivity index (χ4n) is 1.92.